The molecule has 1 aromatic heterocycles. The Morgan fingerprint density at radius 1 is 1.18 bits per heavy atom. The summed E-state index contributed by atoms with van der Waals surface area (Å²) in [5.41, 5.74) is 1.88. The van der Waals surface area contributed by atoms with Gasteiger partial charge < -0.3 is 9.32 Å². The van der Waals surface area contributed by atoms with Crippen LogP contribution in [0.4, 0.5) is 0 Å². The lowest BCUT2D eigenvalue weighted by Gasteiger charge is -2.20. The van der Waals surface area contributed by atoms with E-state index < -0.39 is 0 Å². The molecule has 0 spiro atoms. The fraction of sp³-hybridized carbons (Fsp3) is 0.286. The second-order valence-corrected chi connectivity index (χ2v) is 8.21. The van der Waals surface area contributed by atoms with Crippen molar-refractivity contribution in [2.45, 2.75) is 37.2 Å². The van der Waals surface area contributed by atoms with Gasteiger partial charge in [0, 0.05) is 10.9 Å². The average molecular weight is 414 g/mol. The Balaban J connectivity index is 1.44. The predicted molar refractivity (Wildman–Crippen MR) is 110 cm³/mol. The fourth-order valence-electron chi connectivity index (χ4n) is 2.95. The van der Waals surface area contributed by atoms with Crippen LogP contribution in [0.2, 0.25) is 5.02 Å². The van der Waals surface area contributed by atoms with E-state index in [1.807, 2.05) is 41.3 Å². The van der Waals surface area contributed by atoms with Crippen molar-refractivity contribution < 1.29 is 9.21 Å². The first-order valence-corrected chi connectivity index (χ1v) is 10.5. The number of nitrogens with zero attached hydrogens (tertiary/aromatic N) is 3. The molecule has 144 valence electrons. The van der Waals surface area contributed by atoms with Gasteiger partial charge in [0.25, 0.3) is 0 Å². The molecule has 1 saturated carbocycles. The monoisotopic (exact) mass is 413 g/mol. The number of thioether (sulfide) groups is 1. The molecule has 0 atom stereocenters. The second kappa shape index (κ2) is 8.37. The molecule has 1 amide bonds. The van der Waals surface area contributed by atoms with Crippen LogP contribution in [0.25, 0.3) is 11.5 Å². The van der Waals surface area contributed by atoms with Crippen LogP contribution in [-0.2, 0) is 11.3 Å². The standard InChI is InChI=1S/C21H20ClN3O2S/c1-14-6-2-5-9-18(14)28-13-20(26)25(15-10-11-15)12-19-23-24-21(27-19)16-7-3-4-8-17(16)22/h2-9,15H,10-13H2,1H3. The molecule has 0 unspecified atom stereocenters. The van der Waals surface area contributed by atoms with Crippen LogP contribution in [0.5, 0.6) is 0 Å². The quantitative estimate of drug-likeness (QED) is 0.511. The third-order valence-electron chi connectivity index (χ3n) is 4.63. The Labute approximate surface area is 173 Å². The van der Waals surface area contributed by atoms with Crippen molar-refractivity contribution in [3.63, 3.8) is 0 Å². The lowest BCUT2D eigenvalue weighted by atomic mass is 10.2. The minimum Gasteiger partial charge on any atom is -0.419 e. The van der Waals surface area contributed by atoms with Gasteiger partial charge in [-0.1, -0.05) is 41.9 Å². The largest absolute Gasteiger partial charge is 0.419 e. The third kappa shape index (κ3) is 4.39. The third-order valence-corrected chi connectivity index (χ3v) is 6.12. The van der Waals surface area contributed by atoms with Gasteiger partial charge in [0.1, 0.15) is 0 Å². The van der Waals surface area contributed by atoms with Gasteiger partial charge in [-0.05, 0) is 43.5 Å². The molecule has 1 heterocycles. The van der Waals surface area contributed by atoms with Gasteiger partial charge in [-0.3, -0.25) is 4.79 Å². The number of benzene rings is 2. The fourth-order valence-corrected chi connectivity index (χ4v) is 4.09. The SMILES string of the molecule is Cc1ccccc1SCC(=O)N(Cc1nnc(-c2ccccc2Cl)o1)C1CC1. The van der Waals surface area contributed by atoms with Gasteiger partial charge in [-0.2, -0.15) is 0 Å². The molecule has 3 aromatic rings. The molecule has 0 aliphatic heterocycles. The molecule has 4 rings (SSSR count). The predicted octanol–water partition coefficient (Wildman–Crippen LogP) is 4.98. The van der Waals surface area contributed by atoms with Gasteiger partial charge in [-0.25, -0.2) is 0 Å². The summed E-state index contributed by atoms with van der Waals surface area (Å²) in [6, 6.07) is 15.7. The maximum Gasteiger partial charge on any atom is 0.249 e. The first-order valence-electron chi connectivity index (χ1n) is 9.17. The van der Waals surface area contributed by atoms with Crippen LogP contribution in [-0.4, -0.2) is 32.8 Å². The number of hydrogen-bond acceptors (Lipinski definition) is 5. The summed E-state index contributed by atoms with van der Waals surface area (Å²) in [6.07, 6.45) is 2.04. The van der Waals surface area contributed by atoms with E-state index in [4.69, 9.17) is 16.0 Å². The lowest BCUT2D eigenvalue weighted by molar-refractivity contribution is -0.129. The number of carbonyl (C=O) groups excluding carboxylic acids is 1. The molecular formula is C21H20ClN3O2S. The second-order valence-electron chi connectivity index (χ2n) is 6.79. The van der Waals surface area contributed by atoms with Crippen molar-refractivity contribution in [1.82, 2.24) is 15.1 Å². The molecule has 5 nitrogen and oxygen atoms in total. The highest BCUT2D eigenvalue weighted by Gasteiger charge is 2.33. The lowest BCUT2D eigenvalue weighted by Crippen LogP contribution is -2.34. The maximum atomic E-state index is 12.8. The van der Waals surface area contributed by atoms with Gasteiger partial charge in [0.05, 0.1) is 22.9 Å². The molecule has 1 fully saturated rings. The topological polar surface area (TPSA) is 59.2 Å². The molecule has 0 saturated heterocycles. The highest BCUT2D eigenvalue weighted by atomic mass is 35.5. The smallest absolute Gasteiger partial charge is 0.249 e. The van der Waals surface area contributed by atoms with Crippen molar-refractivity contribution in [3.8, 4) is 11.5 Å². The maximum absolute atomic E-state index is 12.8. The van der Waals surface area contributed by atoms with E-state index in [1.54, 1.807) is 17.8 Å². The first-order chi connectivity index (χ1) is 13.6. The number of aryl methyl sites for hydroxylation is 1. The van der Waals surface area contributed by atoms with Crippen LogP contribution in [0.3, 0.4) is 0 Å². The van der Waals surface area contributed by atoms with Crippen molar-refractivity contribution in [2.24, 2.45) is 0 Å². The average Bonchev–Trinajstić information content (AvgIpc) is 3.44. The van der Waals surface area contributed by atoms with Gasteiger partial charge in [-0.15, -0.1) is 22.0 Å². The molecule has 1 aliphatic carbocycles. The highest BCUT2D eigenvalue weighted by Crippen LogP contribution is 2.31. The highest BCUT2D eigenvalue weighted by molar-refractivity contribution is 8.00. The van der Waals surface area contributed by atoms with Crippen LogP contribution in [0, 0.1) is 6.92 Å². The number of halogens is 1. The van der Waals surface area contributed by atoms with E-state index in [1.165, 1.54) is 5.56 Å². The number of rotatable bonds is 7. The van der Waals surface area contributed by atoms with Crippen LogP contribution in [0.15, 0.2) is 57.8 Å². The Bertz CT molecular complexity index is 987. The molecule has 0 N–H and O–H groups in total. The Morgan fingerprint density at radius 2 is 1.93 bits per heavy atom. The zero-order valence-corrected chi connectivity index (χ0v) is 17.0. The van der Waals surface area contributed by atoms with Gasteiger partial charge in [0.2, 0.25) is 17.7 Å². The Kier molecular flexibility index (Phi) is 5.69. The van der Waals surface area contributed by atoms with E-state index in [0.717, 1.165) is 17.7 Å². The van der Waals surface area contributed by atoms with Crippen molar-refractivity contribution in [2.75, 3.05) is 5.75 Å². The summed E-state index contributed by atoms with van der Waals surface area (Å²) in [7, 11) is 0. The Hall–Kier alpha value is -2.31. The van der Waals surface area contributed by atoms with Gasteiger partial charge >= 0.3 is 0 Å². The summed E-state index contributed by atoms with van der Waals surface area (Å²) in [6.45, 7) is 2.38. The molecule has 28 heavy (non-hydrogen) atoms. The number of carbonyl (C=O) groups is 1. The normalized spacial score (nSPS) is 13.5. The van der Waals surface area contributed by atoms with E-state index in [2.05, 4.69) is 23.2 Å². The van der Waals surface area contributed by atoms with E-state index in [-0.39, 0.29) is 11.9 Å². The van der Waals surface area contributed by atoms with Crippen LogP contribution in [0.1, 0.15) is 24.3 Å². The van der Waals surface area contributed by atoms with Crippen molar-refractivity contribution >= 4 is 29.3 Å². The molecule has 7 heteroatoms. The number of amides is 1. The molecule has 0 bridgehead atoms. The summed E-state index contributed by atoms with van der Waals surface area (Å²) in [5, 5.41) is 8.78. The minimum atomic E-state index is 0.0910. The minimum absolute atomic E-state index is 0.0910. The summed E-state index contributed by atoms with van der Waals surface area (Å²) >= 11 is 7.77. The molecule has 1 aliphatic rings. The summed E-state index contributed by atoms with van der Waals surface area (Å²) in [5.74, 6) is 1.29. The Morgan fingerprint density at radius 3 is 2.68 bits per heavy atom. The van der Waals surface area contributed by atoms with E-state index in [9.17, 15) is 4.79 Å². The van der Waals surface area contributed by atoms with Crippen LogP contribution < -0.4 is 0 Å². The van der Waals surface area contributed by atoms with E-state index >= 15 is 0 Å². The number of hydrogen-bond donors (Lipinski definition) is 0. The first kappa shape index (κ1) is 19.0. The van der Waals surface area contributed by atoms with Crippen molar-refractivity contribution in [3.05, 3.63) is 65.0 Å². The summed E-state index contributed by atoms with van der Waals surface area (Å²) in [4.78, 5) is 15.8. The molecule has 2 aromatic carbocycles. The zero-order valence-electron chi connectivity index (χ0n) is 15.5. The van der Waals surface area contributed by atoms with E-state index in [0.29, 0.717) is 34.7 Å². The molecular weight excluding hydrogens is 394 g/mol. The van der Waals surface area contributed by atoms with Crippen molar-refractivity contribution in [1.29, 1.82) is 0 Å². The van der Waals surface area contributed by atoms with Crippen LogP contribution >= 0.6 is 23.4 Å². The zero-order chi connectivity index (χ0) is 19.5. The number of aromatic nitrogens is 2. The summed E-state index contributed by atoms with van der Waals surface area (Å²) < 4.78 is 5.78. The van der Waals surface area contributed by atoms with Gasteiger partial charge in [0.15, 0.2) is 0 Å². The molecule has 0 radical (unpaired) electrons.